The Labute approximate surface area is 222 Å². The SMILES string of the molecule is COc1cc(/C=C2/C(C)=C(CC(=O)NCc3cccnc3)c3c2cc(F)nc3F)cc(OC)c1OCC(=O)O. The lowest BCUT2D eigenvalue weighted by Crippen LogP contribution is -2.23. The topological polar surface area (TPSA) is 120 Å². The van der Waals surface area contributed by atoms with Crippen LogP contribution in [-0.2, 0) is 16.1 Å². The summed E-state index contributed by atoms with van der Waals surface area (Å²) in [5.74, 6) is -3.06. The van der Waals surface area contributed by atoms with Crippen LogP contribution in [0.5, 0.6) is 17.2 Å². The van der Waals surface area contributed by atoms with Crippen molar-refractivity contribution in [2.75, 3.05) is 20.8 Å². The second kappa shape index (κ2) is 11.7. The predicted molar refractivity (Wildman–Crippen MR) is 138 cm³/mol. The quantitative estimate of drug-likeness (QED) is 0.368. The van der Waals surface area contributed by atoms with Gasteiger partial charge in [-0.15, -0.1) is 0 Å². The summed E-state index contributed by atoms with van der Waals surface area (Å²) in [5.41, 5.74) is 3.05. The minimum Gasteiger partial charge on any atom is -0.493 e. The fraction of sp³-hybridized carbons (Fsp3) is 0.214. The van der Waals surface area contributed by atoms with Gasteiger partial charge in [-0.05, 0) is 64.6 Å². The van der Waals surface area contributed by atoms with Gasteiger partial charge < -0.3 is 24.6 Å². The van der Waals surface area contributed by atoms with Crippen LogP contribution in [-0.4, -0.2) is 47.8 Å². The highest BCUT2D eigenvalue weighted by Gasteiger charge is 2.30. The number of allylic oxidation sites excluding steroid dienone is 2. The number of hydrogen-bond acceptors (Lipinski definition) is 7. The van der Waals surface area contributed by atoms with Crippen LogP contribution in [0.25, 0.3) is 17.2 Å². The van der Waals surface area contributed by atoms with E-state index in [0.29, 0.717) is 22.3 Å². The number of nitrogens with zero attached hydrogens (tertiary/aromatic N) is 2. The van der Waals surface area contributed by atoms with E-state index in [0.717, 1.165) is 11.6 Å². The Morgan fingerprint density at radius 3 is 2.46 bits per heavy atom. The van der Waals surface area contributed by atoms with E-state index >= 15 is 0 Å². The molecule has 2 aromatic heterocycles. The fourth-order valence-corrected chi connectivity index (χ4v) is 4.30. The van der Waals surface area contributed by atoms with E-state index in [1.54, 1.807) is 43.6 Å². The molecule has 0 aliphatic heterocycles. The second-order valence-electron chi connectivity index (χ2n) is 8.57. The summed E-state index contributed by atoms with van der Waals surface area (Å²) in [6, 6.07) is 7.84. The number of carbonyl (C=O) groups is 2. The van der Waals surface area contributed by atoms with Gasteiger partial charge in [0.2, 0.25) is 23.6 Å². The van der Waals surface area contributed by atoms with Gasteiger partial charge in [-0.1, -0.05) is 6.07 Å². The van der Waals surface area contributed by atoms with Gasteiger partial charge in [-0.25, -0.2) is 4.79 Å². The number of carboxylic acid groups (broad SMARTS) is 1. The molecule has 0 fully saturated rings. The van der Waals surface area contributed by atoms with Crippen molar-refractivity contribution >= 4 is 29.1 Å². The summed E-state index contributed by atoms with van der Waals surface area (Å²) in [5, 5.41) is 11.8. The van der Waals surface area contributed by atoms with Crippen LogP contribution in [0, 0.1) is 11.9 Å². The number of carbonyl (C=O) groups excluding carboxylic acids is 1. The Morgan fingerprint density at radius 1 is 1.13 bits per heavy atom. The number of fused-ring (bicyclic) bond motifs is 1. The number of rotatable bonds is 10. The van der Waals surface area contributed by atoms with Gasteiger partial charge in [0, 0.05) is 30.6 Å². The molecule has 4 rings (SSSR count). The van der Waals surface area contributed by atoms with Crippen molar-refractivity contribution in [3.8, 4) is 17.2 Å². The average molecular weight is 538 g/mol. The van der Waals surface area contributed by atoms with Gasteiger partial charge in [0.05, 0.1) is 20.6 Å². The number of methoxy groups -OCH3 is 2. The lowest BCUT2D eigenvalue weighted by molar-refractivity contribution is -0.139. The third-order valence-corrected chi connectivity index (χ3v) is 6.08. The smallest absolute Gasteiger partial charge is 0.341 e. The molecule has 1 aliphatic rings. The molecular weight excluding hydrogens is 512 g/mol. The first-order chi connectivity index (χ1) is 18.7. The largest absolute Gasteiger partial charge is 0.493 e. The van der Waals surface area contributed by atoms with Crippen LogP contribution in [0.2, 0.25) is 0 Å². The molecule has 0 spiro atoms. The van der Waals surface area contributed by atoms with E-state index in [1.807, 2.05) is 6.07 Å². The van der Waals surface area contributed by atoms with E-state index in [-0.39, 0.29) is 47.2 Å². The molecule has 0 unspecified atom stereocenters. The lowest BCUT2D eigenvalue weighted by Gasteiger charge is -2.15. The molecule has 39 heavy (non-hydrogen) atoms. The Balaban J connectivity index is 1.72. The monoisotopic (exact) mass is 537 g/mol. The summed E-state index contributed by atoms with van der Waals surface area (Å²) in [4.78, 5) is 31.1. The van der Waals surface area contributed by atoms with Crippen molar-refractivity contribution in [2.24, 2.45) is 0 Å². The number of carboxylic acids is 1. The maximum absolute atomic E-state index is 15.0. The highest BCUT2D eigenvalue weighted by molar-refractivity contribution is 6.08. The molecule has 0 atom stereocenters. The van der Waals surface area contributed by atoms with Crippen molar-refractivity contribution in [2.45, 2.75) is 19.9 Å². The van der Waals surface area contributed by atoms with Gasteiger partial charge in [-0.2, -0.15) is 13.8 Å². The van der Waals surface area contributed by atoms with E-state index in [9.17, 15) is 18.4 Å². The summed E-state index contributed by atoms with van der Waals surface area (Å²) in [6.07, 6.45) is 4.76. The van der Waals surface area contributed by atoms with Gasteiger partial charge >= 0.3 is 5.97 Å². The zero-order valence-electron chi connectivity index (χ0n) is 21.4. The van der Waals surface area contributed by atoms with Gasteiger partial charge in [0.25, 0.3) is 0 Å². The standard InChI is InChI=1S/C28H25F2N3O6/c1-15-18(7-17-8-21(37-2)27(22(9-17)38-3)39-14-25(35)36)20-10-23(29)33-28(30)26(20)19(15)11-24(34)32-13-16-5-4-6-31-12-16/h4-10,12H,11,13-14H2,1-3H3,(H,32,34)(H,35,36)/b18-7-. The average Bonchev–Trinajstić information content (AvgIpc) is 3.16. The highest BCUT2D eigenvalue weighted by atomic mass is 19.1. The molecule has 9 nitrogen and oxygen atoms in total. The summed E-state index contributed by atoms with van der Waals surface area (Å²) in [7, 11) is 2.77. The van der Waals surface area contributed by atoms with Crippen LogP contribution in [0.1, 0.15) is 35.6 Å². The number of aromatic nitrogens is 2. The number of pyridine rings is 2. The van der Waals surface area contributed by atoms with Gasteiger partial charge in [0.15, 0.2) is 18.1 Å². The van der Waals surface area contributed by atoms with Crippen molar-refractivity contribution in [3.63, 3.8) is 0 Å². The first-order valence-electron chi connectivity index (χ1n) is 11.8. The third kappa shape index (κ3) is 6.03. The first kappa shape index (κ1) is 27.2. The van der Waals surface area contributed by atoms with Crippen LogP contribution in [0.4, 0.5) is 8.78 Å². The number of aliphatic carboxylic acids is 1. The molecule has 3 aromatic rings. The van der Waals surface area contributed by atoms with Crippen molar-refractivity contribution in [3.05, 3.63) is 82.4 Å². The molecular formula is C28H25F2N3O6. The predicted octanol–water partition coefficient (Wildman–Crippen LogP) is 4.27. The number of benzene rings is 1. The third-order valence-electron chi connectivity index (χ3n) is 6.08. The molecule has 0 saturated heterocycles. The molecule has 2 heterocycles. The number of hydrogen-bond donors (Lipinski definition) is 2. The summed E-state index contributed by atoms with van der Waals surface area (Å²) in [6.45, 7) is 1.35. The van der Waals surface area contributed by atoms with E-state index in [1.165, 1.54) is 14.2 Å². The Kier molecular flexibility index (Phi) is 8.18. The number of halogens is 2. The molecule has 2 N–H and O–H groups in total. The van der Waals surface area contributed by atoms with Crippen LogP contribution in [0.15, 0.2) is 48.3 Å². The maximum atomic E-state index is 15.0. The Bertz CT molecular complexity index is 1460. The maximum Gasteiger partial charge on any atom is 0.341 e. The molecule has 11 heteroatoms. The molecule has 1 aromatic carbocycles. The van der Waals surface area contributed by atoms with E-state index in [4.69, 9.17) is 19.3 Å². The second-order valence-corrected chi connectivity index (χ2v) is 8.57. The Morgan fingerprint density at radius 2 is 1.85 bits per heavy atom. The van der Waals surface area contributed by atoms with Crippen molar-refractivity contribution < 1.29 is 37.7 Å². The number of nitrogens with one attached hydrogen (secondary N) is 1. The Hall–Kier alpha value is -4.80. The zero-order valence-corrected chi connectivity index (χ0v) is 21.4. The van der Waals surface area contributed by atoms with Gasteiger partial charge in [-0.3, -0.25) is 9.78 Å². The normalized spacial score (nSPS) is 13.3. The number of amides is 1. The van der Waals surface area contributed by atoms with E-state index < -0.39 is 24.5 Å². The molecule has 202 valence electrons. The molecule has 1 aliphatic carbocycles. The zero-order chi connectivity index (χ0) is 28.1. The van der Waals surface area contributed by atoms with E-state index in [2.05, 4.69) is 15.3 Å². The summed E-state index contributed by atoms with van der Waals surface area (Å²) < 4.78 is 45.3. The molecule has 0 saturated carbocycles. The fourth-order valence-electron chi connectivity index (χ4n) is 4.30. The molecule has 1 amide bonds. The number of ether oxygens (including phenoxy) is 3. The minimum atomic E-state index is -1.18. The van der Waals surface area contributed by atoms with Crippen molar-refractivity contribution in [1.29, 1.82) is 0 Å². The van der Waals surface area contributed by atoms with Gasteiger partial charge in [0.1, 0.15) is 0 Å². The molecule has 0 radical (unpaired) electrons. The van der Waals surface area contributed by atoms with Crippen LogP contribution >= 0.6 is 0 Å². The van der Waals surface area contributed by atoms with Crippen LogP contribution < -0.4 is 19.5 Å². The van der Waals surface area contributed by atoms with Crippen molar-refractivity contribution in [1.82, 2.24) is 15.3 Å². The molecule has 0 bridgehead atoms. The minimum absolute atomic E-state index is 0.0528. The highest BCUT2D eigenvalue weighted by Crippen LogP contribution is 2.46. The van der Waals surface area contributed by atoms with Crippen LogP contribution in [0.3, 0.4) is 0 Å². The summed E-state index contributed by atoms with van der Waals surface area (Å²) >= 11 is 0. The lowest BCUT2D eigenvalue weighted by atomic mass is 10.0. The first-order valence-corrected chi connectivity index (χ1v) is 11.8.